The molecular formula is C21H30N4O3S. The van der Waals surface area contributed by atoms with Crippen molar-refractivity contribution in [1.29, 1.82) is 0 Å². The van der Waals surface area contributed by atoms with Crippen molar-refractivity contribution in [3.8, 4) is 0 Å². The Hall–Kier alpha value is -2.35. The molecule has 1 aliphatic rings. The summed E-state index contributed by atoms with van der Waals surface area (Å²) in [6.07, 6.45) is 5.92. The summed E-state index contributed by atoms with van der Waals surface area (Å²) in [6, 6.07) is 1.96. The zero-order chi connectivity index (χ0) is 21.1. The predicted octanol–water partition coefficient (Wildman–Crippen LogP) is 3.16. The average Bonchev–Trinajstić information content (AvgIpc) is 3.10. The molecule has 1 aliphatic carbocycles. The Labute approximate surface area is 174 Å². The summed E-state index contributed by atoms with van der Waals surface area (Å²) in [5.74, 6) is -0.0399. The molecule has 0 atom stereocenters. The van der Waals surface area contributed by atoms with Crippen LogP contribution in [0, 0.1) is 5.92 Å². The summed E-state index contributed by atoms with van der Waals surface area (Å²) in [6.45, 7) is 6.73. The van der Waals surface area contributed by atoms with Gasteiger partial charge in [0.25, 0.3) is 11.5 Å². The molecule has 1 amide bonds. The van der Waals surface area contributed by atoms with Crippen LogP contribution in [0.3, 0.4) is 0 Å². The van der Waals surface area contributed by atoms with E-state index < -0.39 is 11.2 Å². The molecule has 0 aromatic carbocycles. The van der Waals surface area contributed by atoms with Gasteiger partial charge < -0.3 is 5.73 Å². The van der Waals surface area contributed by atoms with Gasteiger partial charge in [0, 0.05) is 18.0 Å². The van der Waals surface area contributed by atoms with Crippen LogP contribution in [0.2, 0.25) is 0 Å². The van der Waals surface area contributed by atoms with Crippen LogP contribution in [-0.4, -0.2) is 22.0 Å². The van der Waals surface area contributed by atoms with Crippen molar-refractivity contribution in [3.05, 3.63) is 42.2 Å². The third-order valence-corrected chi connectivity index (χ3v) is 6.44. The number of amides is 1. The first-order valence-corrected chi connectivity index (χ1v) is 11.2. The Morgan fingerprint density at radius 2 is 2.03 bits per heavy atom. The monoisotopic (exact) mass is 418 g/mol. The van der Waals surface area contributed by atoms with E-state index in [2.05, 4.69) is 4.98 Å². The topological polar surface area (TPSA) is 101 Å². The predicted molar refractivity (Wildman–Crippen MR) is 118 cm³/mol. The Morgan fingerprint density at radius 3 is 2.69 bits per heavy atom. The van der Waals surface area contributed by atoms with Gasteiger partial charge in [0.15, 0.2) is 5.69 Å². The zero-order valence-electron chi connectivity index (χ0n) is 17.4. The Bertz CT molecular complexity index is 979. The number of nitrogens with one attached hydrogen (secondary N) is 1. The summed E-state index contributed by atoms with van der Waals surface area (Å²) in [5, 5.41) is 0. The molecule has 0 radical (unpaired) electrons. The molecule has 3 N–H and O–H groups in total. The lowest BCUT2D eigenvalue weighted by molar-refractivity contribution is 0.0987. The smallest absolute Gasteiger partial charge is 0.330 e. The molecule has 0 saturated heterocycles. The van der Waals surface area contributed by atoms with Crippen LogP contribution in [0.4, 0.5) is 11.5 Å². The van der Waals surface area contributed by atoms with Gasteiger partial charge in [0.2, 0.25) is 0 Å². The fraction of sp³-hybridized carbons (Fsp3) is 0.571. The van der Waals surface area contributed by atoms with E-state index in [4.69, 9.17) is 5.73 Å². The van der Waals surface area contributed by atoms with Gasteiger partial charge in [-0.05, 0) is 49.7 Å². The van der Waals surface area contributed by atoms with Crippen molar-refractivity contribution in [2.75, 3.05) is 17.2 Å². The normalized spacial score (nSPS) is 13.5. The number of aryl methyl sites for hydroxylation is 2. The number of carbonyl (C=O) groups is 1. The number of H-pyrrole nitrogens is 1. The second-order valence-corrected chi connectivity index (χ2v) is 9.21. The lowest BCUT2D eigenvalue weighted by Gasteiger charge is -2.25. The Balaban J connectivity index is 2.07. The highest BCUT2D eigenvalue weighted by Gasteiger charge is 2.28. The van der Waals surface area contributed by atoms with Crippen LogP contribution in [0.5, 0.6) is 0 Å². The van der Waals surface area contributed by atoms with Crippen LogP contribution >= 0.6 is 11.3 Å². The van der Waals surface area contributed by atoms with Gasteiger partial charge in [0.1, 0.15) is 5.82 Å². The Kier molecular flexibility index (Phi) is 6.62. The highest BCUT2D eigenvalue weighted by atomic mass is 32.1. The first-order valence-electron chi connectivity index (χ1n) is 10.4. The van der Waals surface area contributed by atoms with E-state index in [1.165, 1.54) is 31.2 Å². The number of aromatic nitrogens is 2. The maximum Gasteiger partial charge on any atom is 0.330 e. The fourth-order valence-electron chi connectivity index (χ4n) is 3.75. The molecule has 0 saturated carbocycles. The second-order valence-electron chi connectivity index (χ2n) is 8.07. The number of carbonyl (C=O) groups excluding carboxylic acids is 1. The number of aromatic amines is 1. The summed E-state index contributed by atoms with van der Waals surface area (Å²) in [4.78, 5) is 44.1. The van der Waals surface area contributed by atoms with Crippen molar-refractivity contribution in [1.82, 2.24) is 9.55 Å². The molecular weight excluding hydrogens is 388 g/mol. The van der Waals surface area contributed by atoms with Gasteiger partial charge in [-0.3, -0.25) is 24.0 Å². The number of nitrogens with two attached hydrogens (primary N) is 1. The van der Waals surface area contributed by atoms with Gasteiger partial charge in [-0.2, -0.15) is 0 Å². The molecule has 158 valence electrons. The van der Waals surface area contributed by atoms with Gasteiger partial charge in [0.05, 0.1) is 4.88 Å². The molecule has 0 aliphatic heterocycles. The minimum atomic E-state index is -0.615. The molecule has 7 nitrogen and oxygen atoms in total. The standard InChI is InChI=1S/C21H30N4O3S/c1-4-5-10-24-18(22)17(19(26)23-21(24)28)25(12-13(2)3)20(27)16-11-14-8-6-7-9-15(14)29-16/h11,13H,4-10,12,22H2,1-3H3,(H,23,26,28). The van der Waals surface area contributed by atoms with Crippen LogP contribution in [0.25, 0.3) is 0 Å². The van der Waals surface area contributed by atoms with Crippen molar-refractivity contribution in [2.24, 2.45) is 5.92 Å². The van der Waals surface area contributed by atoms with E-state index in [9.17, 15) is 14.4 Å². The molecule has 0 bridgehead atoms. The van der Waals surface area contributed by atoms with Gasteiger partial charge >= 0.3 is 5.69 Å². The molecule has 2 aromatic rings. The number of nitrogens with zero attached hydrogens (tertiary/aromatic N) is 2. The van der Waals surface area contributed by atoms with E-state index in [1.54, 1.807) is 0 Å². The minimum Gasteiger partial charge on any atom is -0.383 e. The van der Waals surface area contributed by atoms with Crippen LogP contribution < -0.4 is 21.9 Å². The number of nitrogen functional groups attached to an aromatic ring is 1. The van der Waals surface area contributed by atoms with Gasteiger partial charge in [-0.15, -0.1) is 11.3 Å². The molecule has 8 heteroatoms. The van der Waals surface area contributed by atoms with Crippen LogP contribution in [0.1, 0.15) is 66.6 Å². The summed E-state index contributed by atoms with van der Waals surface area (Å²) < 4.78 is 1.36. The molecule has 2 heterocycles. The molecule has 0 spiro atoms. The highest BCUT2D eigenvalue weighted by Crippen LogP contribution is 2.31. The first-order chi connectivity index (χ1) is 13.8. The Morgan fingerprint density at radius 1 is 1.31 bits per heavy atom. The lowest BCUT2D eigenvalue weighted by Crippen LogP contribution is -2.42. The number of unbranched alkanes of at least 4 members (excludes halogenated alkanes) is 1. The minimum absolute atomic E-state index is 0.0579. The van der Waals surface area contributed by atoms with Crippen molar-refractivity contribution in [2.45, 2.75) is 65.8 Å². The molecule has 0 fully saturated rings. The summed E-state index contributed by atoms with van der Waals surface area (Å²) >= 11 is 1.51. The number of hydrogen-bond acceptors (Lipinski definition) is 5. The summed E-state index contributed by atoms with van der Waals surface area (Å²) in [7, 11) is 0. The number of hydrogen-bond donors (Lipinski definition) is 2. The zero-order valence-corrected chi connectivity index (χ0v) is 18.2. The largest absolute Gasteiger partial charge is 0.383 e. The first kappa shape index (κ1) is 21.4. The quantitative estimate of drug-likeness (QED) is 0.721. The number of anilines is 2. The number of rotatable bonds is 7. The van der Waals surface area contributed by atoms with Crippen molar-refractivity contribution >= 4 is 28.7 Å². The fourth-order valence-corrected chi connectivity index (χ4v) is 4.95. The maximum atomic E-state index is 13.5. The van der Waals surface area contributed by atoms with Gasteiger partial charge in [-0.1, -0.05) is 27.2 Å². The van der Waals surface area contributed by atoms with E-state index in [-0.39, 0.29) is 23.3 Å². The third kappa shape index (κ3) is 4.47. The molecule has 3 rings (SSSR count). The SMILES string of the molecule is CCCCn1c(N)c(N(CC(C)C)C(=O)c2cc3c(s2)CCCC3)c(=O)[nH]c1=O. The second kappa shape index (κ2) is 8.98. The molecule has 0 unspecified atom stereocenters. The maximum absolute atomic E-state index is 13.5. The van der Waals surface area contributed by atoms with Crippen LogP contribution in [0.15, 0.2) is 15.7 Å². The van der Waals surface area contributed by atoms with E-state index >= 15 is 0 Å². The third-order valence-electron chi connectivity index (χ3n) is 5.22. The molecule has 2 aromatic heterocycles. The van der Waals surface area contributed by atoms with Crippen LogP contribution in [-0.2, 0) is 19.4 Å². The summed E-state index contributed by atoms with van der Waals surface area (Å²) in [5.41, 5.74) is 6.43. The van der Waals surface area contributed by atoms with Gasteiger partial charge in [-0.25, -0.2) is 4.79 Å². The average molecular weight is 419 g/mol. The van der Waals surface area contributed by atoms with E-state index in [1.807, 2.05) is 26.8 Å². The lowest BCUT2D eigenvalue weighted by atomic mass is 9.99. The number of thiophene rings is 1. The van der Waals surface area contributed by atoms with Crippen molar-refractivity contribution < 1.29 is 4.79 Å². The molecule has 29 heavy (non-hydrogen) atoms. The van der Waals surface area contributed by atoms with Crippen molar-refractivity contribution in [3.63, 3.8) is 0 Å². The van der Waals surface area contributed by atoms with E-state index in [0.717, 1.165) is 38.5 Å². The van der Waals surface area contributed by atoms with E-state index in [0.29, 0.717) is 18.0 Å². The highest BCUT2D eigenvalue weighted by molar-refractivity contribution is 7.14. The number of fused-ring (bicyclic) bond motifs is 1.